The van der Waals surface area contributed by atoms with E-state index in [2.05, 4.69) is 39.8 Å². The largest absolute Gasteiger partial charge is 0.455 e. The van der Waals surface area contributed by atoms with Crippen molar-refractivity contribution in [3.05, 3.63) is 82.4 Å². The number of halogens is 2. The predicted octanol–water partition coefficient (Wildman–Crippen LogP) is 6.39. The molecule has 2 fully saturated rings. The molecule has 8 nitrogen and oxygen atoms in total. The van der Waals surface area contributed by atoms with Gasteiger partial charge in [0.15, 0.2) is 0 Å². The normalized spacial score (nSPS) is 19.3. The zero-order chi connectivity index (χ0) is 31.1. The average Bonchev–Trinajstić information content (AvgIpc) is 3.80. The van der Waals surface area contributed by atoms with Gasteiger partial charge in [-0.3, -0.25) is 14.7 Å². The summed E-state index contributed by atoms with van der Waals surface area (Å²) in [6.45, 7) is 7.12. The number of hydrogen-bond acceptors (Lipinski definition) is 6. The number of amides is 1. The molecule has 0 spiro atoms. The van der Waals surface area contributed by atoms with Crippen molar-refractivity contribution in [2.45, 2.75) is 64.0 Å². The van der Waals surface area contributed by atoms with Gasteiger partial charge < -0.3 is 19.5 Å². The second kappa shape index (κ2) is 12.5. The summed E-state index contributed by atoms with van der Waals surface area (Å²) in [4.78, 5) is 32.6. The number of pyridine rings is 2. The molecular formula is C35H40F2N6O2. The van der Waals surface area contributed by atoms with E-state index in [0.717, 1.165) is 54.9 Å². The Kier molecular flexibility index (Phi) is 8.27. The van der Waals surface area contributed by atoms with Crippen LogP contribution in [-0.2, 0) is 24.3 Å². The second-order valence-electron chi connectivity index (χ2n) is 12.9. The number of piperazine rings is 1. The van der Waals surface area contributed by atoms with Crippen molar-refractivity contribution in [2.75, 3.05) is 39.8 Å². The minimum atomic E-state index is -2.59. The van der Waals surface area contributed by atoms with Gasteiger partial charge in [0.1, 0.15) is 17.1 Å². The molecule has 0 unspecified atom stereocenters. The van der Waals surface area contributed by atoms with Crippen LogP contribution in [0.2, 0.25) is 0 Å². The Hall–Kier alpha value is -3.89. The molecule has 1 amide bonds. The van der Waals surface area contributed by atoms with Gasteiger partial charge in [-0.1, -0.05) is 19.1 Å². The number of likely N-dealkylation sites (N-methyl/N-ethyl adjacent to an activating group) is 1. The van der Waals surface area contributed by atoms with E-state index in [1.54, 1.807) is 18.5 Å². The Bertz CT molecular complexity index is 1690. The first-order valence-electron chi connectivity index (χ1n) is 16.1. The SMILES string of the molecule is CC[C@@H]1CN(C(=O)Cc2ccc(CN3CCN(C)CC3)c(C(F)F)c2)Cc2cc(Oc3ccnc4[nH]c(C5CC5)cc34)cnc21. The van der Waals surface area contributed by atoms with Crippen molar-refractivity contribution in [2.24, 2.45) is 0 Å². The lowest BCUT2D eigenvalue weighted by Gasteiger charge is -2.34. The van der Waals surface area contributed by atoms with Gasteiger partial charge in [-0.25, -0.2) is 13.8 Å². The van der Waals surface area contributed by atoms with Crippen molar-refractivity contribution in [3.63, 3.8) is 0 Å². The minimum absolute atomic E-state index is 0.0255. The van der Waals surface area contributed by atoms with E-state index in [0.29, 0.717) is 48.2 Å². The molecule has 45 heavy (non-hydrogen) atoms. The number of carbonyl (C=O) groups is 1. The number of aromatic nitrogens is 3. The molecule has 1 aromatic carbocycles. The molecule has 2 aliphatic heterocycles. The highest BCUT2D eigenvalue weighted by atomic mass is 19.3. The molecule has 1 aliphatic carbocycles. The van der Waals surface area contributed by atoms with Crippen LogP contribution in [0.15, 0.2) is 48.8 Å². The van der Waals surface area contributed by atoms with E-state index >= 15 is 0 Å². The van der Waals surface area contributed by atoms with Crippen LogP contribution in [-0.4, -0.2) is 75.3 Å². The number of H-pyrrole nitrogens is 1. The topological polar surface area (TPSA) is 77.6 Å². The van der Waals surface area contributed by atoms with E-state index in [1.807, 2.05) is 23.1 Å². The van der Waals surface area contributed by atoms with Gasteiger partial charge in [0.05, 0.1) is 23.7 Å². The van der Waals surface area contributed by atoms with Crippen LogP contribution in [0.3, 0.4) is 0 Å². The summed E-state index contributed by atoms with van der Waals surface area (Å²) in [6.07, 6.45) is 4.21. The highest BCUT2D eigenvalue weighted by Gasteiger charge is 2.30. The molecule has 10 heteroatoms. The first-order valence-corrected chi connectivity index (χ1v) is 16.1. The maximum absolute atomic E-state index is 14.2. The number of fused-ring (bicyclic) bond motifs is 2. The van der Waals surface area contributed by atoms with E-state index < -0.39 is 6.43 Å². The van der Waals surface area contributed by atoms with Gasteiger partial charge in [0.2, 0.25) is 5.91 Å². The number of aromatic amines is 1. The van der Waals surface area contributed by atoms with Crippen molar-refractivity contribution in [1.29, 1.82) is 0 Å². The molecule has 3 aromatic heterocycles. The predicted molar refractivity (Wildman–Crippen MR) is 169 cm³/mol. The molecule has 1 saturated heterocycles. The summed E-state index contributed by atoms with van der Waals surface area (Å²) < 4.78 is 34.6. The fourth-order valence-corrected chi connectivity index (χ4v) is 6.67. The van der Waals surface area contributed by atoms with Gasteiger partial charge in [-0.2, -0.15) is 0 Å². The van der Waals surface area contributed by atoms with Gasteiger partial charge >= 0.3 is 0 Å². The fraction of sp³-hybridized carbons (Fsp3) is 0.457. The van der Waals surface area contributed by atoms with Gasteiger partial charge in [0.25, 0.3) is 6.43 Å². The molecule has 3 aliphatic rings. The number of hydrogen-bond donors (Lipinski definition) is 1. The molecule has 0 bridgehead atoms. The molecule has 7 rings (SSSR count). The maximum atomic E-state index is 14.2. The van der Waals surface area contributed by atoms with Crippen LogP contribution < -0.4 is 4.74 Å². The first kappa shape index (κ1) is 29.8. The standard InChI is InChI=1S/C35H40F2N6O2/c1-3-23-20-43(32(44)15-22-4-5-25(28(14-22)34(36)37)19-42-12-10-41(2)11-13-42)21-26-16-27(18-39-33(23)26)45-31-8-9-38-35-29(31)17-30(40-35)24-6-7-24/h4-5,8-9,14,16-18,23-24,34H,3,6-7,10-13,15,19-21H2,1-2H3,(H,38,40)/t23-/m1/s1. The summed E-state index contributed by atoms with van der Waals surface area (Å²) in [6, 6.07) is 11.1. The van der Waals surface area contributed by atoms with E-state index in [9.17, 15) is 13.6 Å². The highest BCUT2D eigenvalue weighted by Crippen LogP contribution is 2.42. The molecular weight excluding hydrogens is 574 g/mol. The summed E-state index contributed by atoms with van der Waals surface area (Å²) in [7, 11) is 2.08. The van der Waals surface area contributed by atoms with Crippen molar-refractivity contribution >= 4 is 16.9 Å². The van der Waals surface area contributed by atoms with Crippen LogP contribution in [0, 0.1) is 0 Å². The lowest BCUT2D eigenvalue weighted by molar-refractivity contribution is -0.131. The van der Waals surface area contributed by atoms with Crippen LogP contribution in [0.5, 0.6) is 11.5 Å². The summed E-state index contributed by atoms with van der Waals surface area (Å²) >= 11 is 0. The van der Waals surface area contributed by atoms with E-state index in [-0.39, 0.29) is 23.8 Å². The summed E-state index contributed by atoms with van der Waals surface area (Å²) in [5.74, 6) is 1.92. The van der Waals surface area contributed by atoms with E-state index in [1.165, 1.54) is 24.6 Å². The molecule has 1 N–H and O–H groups in total. The first-order chi connectivity index (χ1) is 21.8. The number of rotatable bonds is 9. The number of alkyl halides is 2. The quantitative estimate of drug-likeness (QED) is 0.236. The number of ether oxygens (including phenoxy) is 1. The Morgan fingerprint density at radius 2 is 1.91 bits per heavy atom. The van der Waals surface area contributed by atoms with Gasteiger partial charge in [0, 0.05) is 69.2 Å². The number of nitrogens with one attached hydrogen (secondary N) is 1. The number of carbonyl (C=O) groups excluding carboxylic acids is 1. The van der Waals surface area contributed by atoms with Gasteiger partial charge in [-0.15, -0.1) is 0 Å². The average molecular weight is 615 g/mol. The van der Waals surface area contributed by atoms with Crippen molar-refractivity contribution in [1.82, 2.24) is 29.7 Å². The Morgan fingerprint density at radius 1 is 1.09 bits per heavy atom. The Morgan fingerprint density at radius 3 is 2.67 bits per heavy atom. The molecule has 4 aromatic rings. The smallest absolute Gasteiger partial charge is 0.264 e. The van der Waals surface area contributed by atoms with Crippen LogP contribution in [0.1, 0.15) is 78.1 Å². The third-order valence-electron chi connectivity index (χ3n) is 9.56. The third kappa shape index (κ3) is 6.44. The second-order valence-corrected chi connectivity index (χ2v) is 12.9. The zero-order valence-corrected chi connectivity index (χ0v) is 25.9. The molecule has 1 saturated carbocycles. The number of nitrogens with zero attached hydrogens (tertiary/aromatic N) is 5. The Labute approximate surface area is 262 Å². The zero-order valence-electron chi connectivity index (χ0n) is 25.9. The third-order valence-corrected chi connectivity index (χ3v) is 9.56. The van der Waals surface area contributed by atoms with Crippen molar-refractivity contribution < 1.29 is 18.3 Å². The van der Waals surface area contributed by atoms with E-state index in [4.69, 9.17) is 9.72 Å². The lowest BCUT2D eigenvalue weighted by atomic mass is 9.92. The van der Waals surface area contributed by atoms with Crippen molar-refractivity contribution in [3.8, 4) is 11.5 Å². The summed E-state index contributed by atoms with van der Waals surface area (Å²) in [5, 5.41) is 0.943. The van der Waals surface area contributed by atoms with Gasteiger partial charge in [-0.05, 0) is 73.2 Å². The number of benzene rings is 1. The maximum Gasteiger partial charge on any atom is 0.264 e. The van der Waals surface area contributed by atoms with Crippen LogP contribution in [0.4, 0.5) is 8.78 Å². The Balaban J connectivity index is 1.06. The monoisotopic (exact) mass is 614 g/mol. The van der Waals surface area contributed by atoms with Crippen LogP contribution in [0.25, 0.3) is 11.0 Å². The molecule has 1 atom stereocenters. The lowest BCUT2D eigenvalue weighted by Crippen LogP contribution is -2.44. The molecule has 236 valence electrons. The molecule has 5 heterocycles. The molecule has 0 radical (unpaired) electrons. The summed E-state index contributed by atoms with van der Waals surface area (Å²) in [5.41, 5.74) is 5.22. The minimum Gasteiger partial charge on any atom is -0.455 e. The van der Waals surface area contributed by atoms with Crippen LogP contribution >= 0.6 is 0 Å². The highest BCUT2D eigenvalue weighted by molar-refractivity contribution is 5.84. The fourth-order valence-electron chi connectivity index (χ4n) is 6.67.